The molecule has 2 aromatic rings. The lowest BCUT2D eigenvalue weighted by Gasteiger charge is -2.06. The standard InChI is InChI=1S/C15H16N2O3S2/c16-12-5-7-13(8-6-12)20-15(18)19-10-3-11-21-22-14-4-1-2-9-17-14/h1-2,4-9H,3,10-11,16H2. The fourth-order valence-corrected chi connectivity index (χ4v) is 3.37. The molecule has 5 nitrogen and oxygen atoms in total. The van der Waals surface area contributed by atoms with Crippen molar-refractivity contribution in [1.82, 2.24) is 4.98 Å². The number of nitrogens with two attached hydrogens (primary N) is 1. The summed E-state index contributed by atoms with van der Waals surface area (Å²) in [4.78, 5) is 15.7. The van der Waals surface area contributed by atoms with Crippen LogP contribution in [0.15, 0.2) is 53.7 Å². The fraction of sp³-hybridized carbons (Fsp3) is 0.200. The van der Waals surface area contributed by atoms with Gasteiger partial charge in [0.2, 0.25) is 0 Å². The molecule has 1 heterocycles. The number of ether oxygens (including phenoxy) is 2. The summed E-state index contributed by atoms with van der Waals surface area (Å²) in [6.07, 6.45) is 1.81. The Kier molecular flexibility index (Phi) is 6.92. The molecule has 0 unspecified atom stereocenters. The van der Waals surface area contributed by atoms with E-state index in [2.05, 4.69) is 4.98 Å². The molecule has 0 aliphatic carbocycles. The fourth-order valence-electron chi connectivity index (χ4n) is 1.43. The van der Waals surface area contributed by atoms with Gasteiger partial charge in [0, 0.05) is 17.6 Å². The Hall–Kier alpha value is -1.86. The number of aromatic nitrogens is 1. The van der Waals surface area contributed by atoms with Crippen LogP contribution in [-0.2, 0) is 4.74 Å². The number of carbonyl (C=O) groups is 1. The second-order valence-electron chi connectivity index (χ2n) is 4.20. The van der Waals surface area contributed by atoms with Crippen molar-refractivity contribution in [3.8, 4) is 5.75 Å². The van der Waals surface area contributed by atoms with Gasteiger partial charge in [-0.15, -0.1) is 0 Å². The monoisotopic (exact) mass is 336 g/mol. The van der Waals surface area contributed by atoms with Gasteiger partial charge < -0.3 is 15.2 Å². The average molecular weight is 336 g/mol. The van der Waals surface area contributed by atoms with Crippen molar-refractivity contribution in [2.24, 2.45) is 0 Å². The number of carbonyl (C=O) groups excluding carboxylic acids is 1. The Labute approximate surface area is 137 Å². The Morgan fingerprint density at radius 1 is 1.18 bits per heavy atom. The minimum atomic E-state index is -0.702. The highest BCUT2D eigenvalue weighted by molar-refractivity contribution is 8.76. The maximum Gasteiger partial charge on any atom is 0.513 e. The van der Waals surface area contributed by atoms with Crippen molar-refractivity contribution >= 4 is 33.4 Å². The molecule has 0 saturated carbocycles. The summed E-state index contributed by atoms with van der Waals surface area (Å²) in [5.41, 5.74) is 6.16. The maximum absolute atomic E-state index is 11.5. The third-order valence-corrected chi connectivity index (χ3v) is 4.81. The topological polar surface area (TPSA) is 74.4 Å². The van der Waals surface area contributed by atoms with Crippen LogP contribution >= 0.6 is 21.6 Å². The second-order valence-corrected chi connectivity index (χ2v) is 6.63. The van der Waals surface area contributed by atoms with Crippen LogP contribution < -0.4 is 10.5 Å². The molecule has 2 N–H and O–H groups in total. The predicted molar refractivity (Wildman–Crippen MR) is 90.0 cm³/mol. The largest absolute Gasteiger partial charge is 0.513 e. The van der Waals surface area contributed by atoms with Crippen LogP contribution in [0.1, 0.15) is 6.42 Å². The number of pyridine rings is 1. The molecule has 0 amide bonds. The number of nitrogens with zero attached hydrogens (tertiary/aromatic N) is 1. The molecule has 0 aliphatic heterocycles. The quantitative estimate of drug-likeness (QED) is 0.269. The molecule has 0 saturated heterocycles. The molecule has 0 bridgehead atoms. The summed E-state index contributed by atoms with van der Waals surface area (Å²) in [5, 5.41) is 0.969. The Morgan fingerprint density at radius 3 is 2.73 bits per heavy atom. The minimum absolute atomic E-state index is 0.323. The molecule has 1 aromatic heterocycles. The van der Waals surface area contributed by atoms with Gasteiger partial charge in [-0.2, -0.15) is 0 Å². The van der Waals surface area contributed by atoms with Crippen LogP contribution in [0.4, 0.5) is 10.5 Å². The van der Waals surface area contributed by atoms with Crippen molar-refractivity contribution in [2.75, 3.05) is 18.1 Å². The molecule has 1 aromatic carbocycles. The van der Waals surface area contributed by atoms with E-state index in [0.717, 1.165) is 17.2 Å². The predicted octanol–water partition coefficient (Wildman–Crippen LogP) is 4.01. The van der Waals surface area contributed by atoms with Crippen LogP contribution in [0.25, 0.3) is 0 Å². The number of benzene rings is 1. The zero-order chi connectivity index (χ0) is 15.6. The van der Waals surface area contributed by atoms with Crippen molar-refractivity contribution in [2.45, 2.75) is 11.4 Å². The first kappa shape index (κ1) is 16.5. The molecule has 0 aliphatic rings. The first-order chi connectivity index (χ1) is 10.7. The maximum atomic E-state index is 11.5. The average Bonchev–Trinajstić information content (AvgIpc) is 2.54. The molecule has 2 rings (SSSR count). The highest BCUT2D eigenvalue weighted by atomic mass is 33.1. The lowest BCUT2D eigenvalue weighted by molar-refractivity contribution is 0.0995. The molecule has 0 atom stereocenters. The third kappa shape index (κ3) is 6.28. The lowest BCUT2D eigenvalue weighted by atomic mass is 10.3. The summed E-state index contributed by atoms with van der Waals surface area (Å²) in [6.45, 7) is 0.323. The van der Waals surface area contributed by atoms with E-state index in [1.165, 1.54) is 0 Å². The van der Waals surface area contributed by atoms with Gasteiger partial charge in [0.15, 0.2) is 0 Å². The van der Waals surface area contributed by atoms with Crippen LogP contribution in [0.2, 0.25) is 0 Å². The van der Waals surface area contributed by atoms with Crippen molar-refractivity contribution in [3.63, 3.8) is 0 Å². The molecule has 7 heteroatoms. The van der Waals surface area contributed by atoms with E-state index >= 15 is 0 Å². The molecular formula is C15H16N2O3S2. The van der Waals surface area contributed by atoms with Crippen LogP contribution in [0, 0.1) is 0 Å². The number of rotatable bonds is 7. The molecular weight excluding hydrogens is 320 g/mol. The first-order valence-corrected chi connectivity index (χ1v) is 8.96. The molecule has 22 heavy (non-hydrogen) atoms. The van der Waals surface area contributed by atoms with Crippen molar-refractivity contribution in [3.05, 3.63) is 48.7 Å². The summed E-state index contributed by atoms with van der Waals surface area (Å²) in [5.74, 6) is 1.27. The number of hydrogen-bond donors (Lipinski definition) is 1. The zero-order valence-corrected chi connectivity index (χ0v) is 13.4. The lowest BCUT2D eigenvalue weighted by Crippen LogP contribution is -2.11. The summed E-state index contributed by atoms with van der Waals surface area (Å²) in [7, 11) is 3.28. The van der Waals surface area contributed by atoms with Crippen molar-refractivity contribution in [1.29, 1.82) is 0 Å². The van der Waals surface area contributed by atoms with E-state index in [1.807, 2.05) is 18.2 Å². The Balaban J connectivity index is 1.54. The highest BCUT2D eigenvalue weighted by Gasteiger charge is 2.05. The minimum Gasteiger partial charge on any atom is -0.434 e. The summed E-state index contributed by atoms with van der Waals surface area (Å²) in [6, 6.07) is 12.4. The molecule has 116 valence electrons. The summed E-state index contributed by atoms with van der Waals surface area (Å²) >= 11 is 0. The molecule has 0 fully saturated rings. The number of hydrogen-bond acceptors (Lipinski definition) is 7. The normalized spacial score (nSPS) is 10.2. The van der Waals surface area contributed by atoms with Gasteiger partial charge in [-0.05, 0) is 53.6 Å². The van der Waals surface area contributed by atoms with E-state index in [1.54, 1.807) is 52.1 Å². The van der Waals surface area contributed by atoms with E-state index in [-0.39, 0.29) is 0 Å². The van der Waals surface area contributed by atoms with E-state index < -0.39 is 6.16 Å². The van der Waals surface area contributed by atoms with E-state index in [0.29, 0.717) is 18.0 Å². The van der Waals surface area contributed by atoms with Gasteiger partial charge in [-0.3, -0.25) is 0 Å². The van der Waals surface area contributed by atoms with Gasteiger partial charge in [-0.25, -0.2) is 9.78 Å². The molecule has 0 spiro atoms. The van der Waals surface area contributed by atoms with Gasteiger partial charge in [-0.1, -0.05) is 16.9 Å². The second kappa shape index (κ2) is 9.22. The van der Waals surface area contributed by atoms with Gasteiger partial charge in [0.25, 0.3) is 0 Å². The Morgan fingerprint density at radius 2 is 2.00 bits per heavy atom. The number of anilines is 1. The van der Waals surface area contributed by atoms with E-state index in [9.17, 15) is 4.79 Å². The SMILES string of the molecule is Nc1ccc(OC(=O)OCCCSSc2ccccn2)cc1. The van der Waals surface area contributed by atoms with Gasteiger partial charge in [0.1, 0.15) is 10.8 Å². The van der Waals surface area contributed by atoms with E-state index in [4.69, 9.17) is 15.2 Å². The third-order valence-electron chi connectivity index (χ3n) is 2.46. The van der Waals surface area contributed by atoms with Crippen LogP contribution in [-0.4, -0.2) is 23.5 Å². The summed E-state index contributed by atoms with van der Waals surface area (Å²) < 4.78 is 10.0. The van der Waals surface area contributed by atoms with Crippen molar-refractivity contribution < 1.29 is 14.3 Å². The first-order valence-electron chi connectivity index (χ1n) is 6.65. The van der Waals surface area contributed by atoms with Gasteiger partial charge >= 0.3 is 6.16 Å². The smallest absolute Gasteiger partial charge is 0.434 e. The Bertz CT molecular complexity index is 579. The number of nitrogen functional groups attached to an aromatic ring is 1. The zero-order valence-electron chi connectivity index (χ0n) is 11.8. The van der Waals surface area contributed by atoms with Crippen LogP contribution in [0.3, 0.4) is 0 Å². The van der Waals surface area contributed by atoms with Crippen LogP contribution in [0.5, 0.6) is 5.75 Å². The van der Waals surface area contributed by atoms with Gasteiger partial charge in [0.05, 0.1) is 6.61 Å². The molecule has 0 radical (unpaired) electrons. The highest BCUT2D eigenvalue weighted by Crippen LogP contribution is 2.29.